The summed E-state index contributed by atoms with van der Waals surface area (Å²) in [5.74, 6) is 1.00. The third-order valence-corrected chi connectivity index (χ3v) is 2.26. The topological polar surface area (TPSA) is 33.0 Å². The Morgan fingerprint density at radius 2 is 2.29 bits per heavy atom. The Morgan fingerprint density at radius 3 is 2.86 bits per heavy atom. The van der Waals surface area contributed by atoms with Gasteiger partial charge in [-0.3, -0.25) is 0 Å². The summed E-state index contributed by atoms with van der Waals surface area (Å²) in [4.78, 5) is 0. The van der Waals surface area contributed by atoms with E-state index in [4.69, 9.17) is 10.00 Å². The first-order valence-electron chi connectivity index (χ1n) is 4.99. The molecule has 0 heterocycles. The maximum atomic E-state index is 8.61. The molecule has 0 fully saturated rings. The SMILES string of the molecule is CCOC1=C/C(=C\C#N)CC(C)(C)C1. The number of allylic oxidation sites excluding steroid dienone is 4. The van der Waals surface area contributed by atoms with E-state index in [-0.39, 0.29) is 5.41 Å². The molecule has 0 saturated heterocycles. The van der Waals surface area contributed by atoms with Crippen molar-refractivity contribution in [3.63, 3.8) is 0 Å². The van der Waals surface area contributed by atoms with Crippen LogP contribution in [0.1, 0.15) is 33.6 Å². The number of nitriles is 1. The molecule has 14 heavy (non-hydrogen) atoms. The lowest BCUT2D eigenvalue weighted by Crippen LogP contribution is -2.18. The zero-order valence-corrected chi connectivity index (χ0v) is 9.13. The summed E-state index contributed by atoms with van der Waals surface area (Å²) >= 11 is 0. The van der Waals surface area contributed by atoms with E-state index in [0.29, 0.717) is 6.61 Å². The van der Waals surface area contributed by atoms with Gasteiger partial charge in [0.25, 0.3) is 0 Å². The van der Waals surface area contributed by atoms with Gasteiger partial charge in [-0.25, -0.2) is 0 Å². The van der Waals surface area contributed by atoms with Gasteiger partial charge in [-0.1, -0.05) is 13.8 Å². The molecule has 0 spiro atoms. The Labute approximate surface area is 85.9 Å². The second-order valence-electron chi connectivity index (χ2n) is 4.41. The van der Waals surface area contributed by atoms with E-state index in [0.717, 1.165) is 24.2 Å². The lowest BCUT2D eigenvalue weighted by atomic mass is 9.78. The highest BCUT2D eigenvalue weighted by atomic mass is 16.5. The van der Waals surface area contributed by atoms with Crippen LogP contribution in [-0.2, 0) is 4.74 Å². The maximum Gasteiger partial charge on any atom is 0.0967 e. The number of rotatable bonds is 2. The molecule has 0 N–H and O–H groups in total. The lowest BCUT2D eigenvalue weighted by Gasteiger charge is -2.30. The number of hydrogen-bond donors (Lipinski definition) is 0. The van der Waals surface area contributed by atoms with Crippen molar-refractivity contribution in [2.75, 3.05) is 6.61 Å². The summed E-state index contributed by atoms with van der Waals surface area (Å²) < 4.78 is 5.51. The third kappa shape index (κ3) is 2.92. The quantitative estimate of drug-likeness (QED) is 0.628. The number of nitrogens with zero attached hydrogens (tertiary/aromatic N) is 1. The van der Waals surface area contributed by atoms with Crippen molar-refractivity contribution < 1.29 is 4.74 Å². The average molecular weight is 191 g/mol. The standard InChI is InChI=1S/C12H17NO/c1-4-14-11-7-10(5-6-13)8-12(2,3)9-11/h5,7H,4,8-9H2,1-3H3/b10-5+. The summed E-state index contributed by atoms with van der Waals surface area (Å²) in [7, 11) is 0. The fourth-order valence-corrected chi connectivity index (χ4v) is 1.85. The van der Waals surface area contributed by atoms with Crippen molar-refractivity contribution in [1.29, 1.82) is 5.26 Å². The van der Waals surface area contributed by atoms with Crippen LogP contribution in [0.15, 0.2) is 23.5 Å². The van der Waals surface area contributed by atoms with E-state index >= 15 is 0 Å². The highest BCUT2D eigenvalue weighted by Gasteiger charge is 2.26. The highest BCUT2D eigenvalue weighted by molar-refractivity contribution is 5.31. The largest absolute Gasteiger partial charge is 0.498 e. The monoisotopic (exact) mass is 191 g/mol. The van der Waals surface area contributed by atoms with E-state index in [2.05, 4.69) is 19.9 Å². The van der Waals surface area contributed by atoms with Crippen LogP contribution in [0.4, 0.5) is 0 Å². The van der Waals surface area contributed by atoms with Crippen molar-refractivity contribution in [2.45, 2.75) is 33.6 Å². The molecule has 1 aliphatic rings. The zero-order chi connectivity index (χ0) is 10.6. The minimum Gasteiger partial charge on any atom is -0.498 e. The van der Waals surface area contributed by atoms with E-state index in [1.165, 1.54) is 0 Å². The smallest absolute Gasteiger partial charge is 0.0967 e. The van der Waals surface area contributed by atoms with Gasteiger partial charge < -0.3 is 4.74 Å². The molecule has 0 saturated carbocycles. The second kappa shape index (κ2) is 4.32. The van der Waals surface area contributed by atoms with Gasteiger partial charge in [0.2, 0.25) is 0 Å². The zero-order valence-electron chi connectivity index (χ0n) is 9.13. The molecule has 0 aromatic carbocycles. The molecule has 2 nitrogen and oxygen atoms in total. The van der Waals surface area contributed by atoms with Crippen LogP contribution in [0.3, 0.4) is 0 Å². The Morgan fingerprint density at radius 1 is 1.57 bits per heavy atom. The molecule has 0 radical (unpaired) electrons. The predicted octanol–water partition coefficient (Wildman–Crippen LogP) is 3.18. The Balaban J connectivity index is 2.86. The summed E-state index contributed by atoms with van der Waals surface area (Å²) in [6.45, 7) is 7.08. The molecule has 76 valence electrons. The van der Waals surface area contributed by atoms with Gasteiger partial charge in [-0.15, -0.1) is 0 Å². The maximum absolute atomic E-state index is 8.61. The Hall–Kier alpha value is -1.23. The molecule has 0 aliphatic heterocycles. The molecule has 0 amide bonds. The summed E-state index contributed by atoms with van der Waals surface area (Å²) in [5.41, 5.74) is 1.29. The lowest BCUT2D eigenvalue weighted by molar-refractivity contribution is 0.178. The fraction of sp³-hybridized carbons (Fsp3) is 0.583. The Kier molecular flexibility index (Phi) is 3.35. The number of ether oxygens (including phenoxy) is 1. The van der Waals surface area contributed by atoms with E-state index in [1.54, 1.807) is 6.08 Å². The van der Waals surface area contributed by atoms with Crippen LogP contribution >= 0.6 is 0 Å². The minimum absolute atomic E-state index is 0.210. The van der Waals surface area contributed by atoms with E-state index < -0.39 is 0 Å². The van der Waals surface area contributed by atoms with E-state index in [1.807, 2.05) is 13.0 Å². The molecular weight excluding hydrogens is 174 g/mol. The summed E-state index contributed by atoms with van der Waals surface area (Å²) in [5, 5.41) is 8.61. The van der Waals surface area contributed by atoms with Crippen molar-refractivity contribution >= 4 is 0 Å². The van der Waals surface area contributed by atoms with Crippen LogP contribution in [0.2, 0.25) is 0 Å². The molecule has 0 unspecified atom stereocenters. The summed E-state index contributed by atoms with van der Waals surface area (Å²) in [6, 6.07) is 2.08. The van der Waals surface area contributed by atoms with Crippen molar-refractivity contribution in [2.24, 2.45) is 5.41 Å². The normalized spacial score (nSPS) is 22.7. The fourth-order valence-electron chi connectivity index (χ4n) is 1.85. The van der Waals surface area contributed by atoms with Crippen molar-refractivity contribution in [3.8, 4) is 6.07 Å². The van der Waals surface area contributed by atoms with Crippen molar-refractivity contribution in [1.82, 2.24) is 0 Å². The van der Waals surface area contributed by atoms with Gasteiger partial charge in [0.05, 0.1) is 18.4 Å². The van der Waals surface area contributed by atoms with Gasteiger partial charge in [-0.05, 0) is 30.4 Å². The first-order chi connectivity index (χ1) is 6.57. The van der Waals surface area contributed by atoms with Gasteiger partial charge in [0, 0.05) is 12.5 Å². The van der Waals surface area contributed by atoms with E-state index in [9.17, 15) is 0 Å². The van der Waals surface area contributed by atoms with Gasteiger partial charge >= 0.3 is 0 Å². The number of hydrogen-bond acceptors (Lipinski definition) is 2. The molecule has 1 rings (SSSR count). The molecule has 0 aromatic rings. The molecule has 2 heteroatoms. The van der Waals surface area contributed by atoms with Gasteiger partial charge in [0.1, 0.15) is 0 Å². The van der Waals surface area contributed by atoms with Gasteiger partial charge in [-0.2, -0.15) is 5.26 Å². The van der Waals surface area contributed by atoms with Crippen LogP contribution in [0.5, 0.6) is 0 Å². The summed E-state index contributed by atoms with van der Waals surface area (Å²) in [6.07, 6.45) is 5.53. The highest BCUT2D eigenvalue weighted by Crippen LogP contribution is 2.37. The van der Waals surface area contributed by atoms with Crippen molar-refractivity contribution in [3.05, 3.63) is 23.5 Å². The average Bonchev–Trinajstić information content (AvgIpc) is 2.01. The minimum atomic E-state index is 0.210. The third-order valence-electron chi connectivity index (χ3n) is 2.26. The molecular formula is C12H17NO. The van der Waals surface area contributed by atoms with Crippen LogP contribution < -0.4 is 0 Å². The second-order valence-corrected chi connectivity index (χ2v) is 4.41. The molecule has 0 aromatic heterocycles. The van der Waals surface area contributed by atoms with Crippen LogP contribution in [0.25, 0.3) is 0 Å². The van der Waals surface area contributed by atoms with Gasteiger partial charge in [0.15, 0.2) is 0 Å². The first kappa shape index (κ1) is 10.8. The molecule has 0 atom stereocenters. The van der Waals surface area contributed by atoms with Crippen LogP contribution in [0, 0.1) is 16.7 Å². The molecule has 0 bridgehead atoms. The first-order valence-corrected chi connectivity index (χ1v) is 4.99. The van der Waals surface area contributed by atoms with Crippen LogP contribution in [-0.4, -0.2) is 6.61 Å². The molecule has 1 aliphatic carbocycles. The Bertz CT molecular complexity index is 305. The predicted molar refractivity (Wildman–Crippen MR) is 56.4 cm³/mol.